The summed E-state index contributed by atoms with van der Waals surface area (Å²) in [7, 11) is 0. The van der Waals surface area contributed by atoms with Crippen LogP contribution in [0, 0.1) is 6.92 Å². The van der Waals surface area contributed by atoms with E-state index >= 15 is 0 Å². The van der Waals surface area contributed by atoms with Crippen LogP contribution < -0.4 is 29.3 Å². The Morgan fingerprint density at radius 3 is 1.90 bits per heavy atom. The van der Waals surface area contributed by atoms with E-state index in [4.69, 9.17) is 0 Å². The molecule has 0 fully saturated rings. The van der Waals surface area contributed by atoms with Crippen molar-refractivity contribution in [2.24, 2.45) is 0 Å². The van der Waals surface area contributed by atoms with Gasteiger partial charge in [0.25, 0.3) is 5.91 Å². The second-order valence-corrected chi connectivity index (χ2v) is 10.9. The number of hydrogen-bond donors (Lipinski definition) is 1. The van der Waals surface area contributed by atoms with E-state index in [0.29, 0.717) is 24.3 Å². The number of rotatable bonds is 13. The average Bonchev–Trinajstić information content (AvgIpc) is 2.96. The third kappa shape index (κ3) is 9.38. The number of carboxylic acids is 1. The number of carbonyl (C=O) groups is 2. The second-order valence-electron chi connectivity index (χ2n) is 9.94. The average molecular weight is 559 g/mol. The van der Waals surface area contributed by atoms with Gasteiger partial charge in [-0.15, -0.1) is 0 Å². The van der Waals surface area contributed by atoms with Gasteiger partial charge in [-0.25, -0.2) is 0 Å². The summed E-state index contributed by atoms with van der Waals surface area (Å²) >= 11 is 1.53. The van der Waals surface area contributed by atoms with Crippen molar-refractivity contribution in [2.45, 2.75) is 39.0 Å². The maximum atomic E-state index is 13.4. The van der Waals surface area contributed by atoms with Gasteiger partial charge in [0.1, 0.15) is 0 Å². The molecule has 0 saturated carbocycles. The molecular formula is C34H35LiN2O3S. The first kappa shape index (κ1) is 32.2. The van der Waals surface area contributed by atoms with Crippen LogP contribution in [0.25, 0.3) is 11.1 Å². The molecule has 0 aliphatic rings. The summed E-state index contributed by atoms with van der Waals surface area (Å²) < 4.78 is 0. The molecule has 4 aromatic rings. The van der Waals surface area contributed by atoms with Crippen LogP contribution in [0.1, 0.15) is 39.0 Å². The summed E-state index contributed by atoms with van der Waals surface area (Å²) in [5.41, 5.74) is 6.75. The van der Waals surface area contributed by atoms with Crippen LogP contribution in [0.4, 0.5) is 0 Å². The van der Waals surface area contributed by atoms with Crippen LogP contribution in [0.15, 0.2) is 103 Å². The van der Waals surface area contributed by atoms with E-state index < -0.39 is 17.9 Å². The van der Waals surface area contributed by atoms with Crippen molar-refractivity contribution in [1.29, 1.82) is 0 Å². The Bertz CT molecular complexity index is 1370. The molecule has 206 valence electrons. The topological polar surface area (TPSA) is 72.5 Å². The number of aliphatic carboxylic acids is 1. The van der Waals surface area contributed by atoms with E-state index in [1.54, 1.807) is 0 Å². The number of thioether (sulfide) groups is 1. The molecule has 4 aromatic carbocycles. The Hall–Kier alpha value is -3.27. The number of aryl methyl sites for hydroxylation is 1. The molecule has 0 heterocycles. The fourth-order valence-corrected chi connectivity index (χ4v) is 5.29. The molecule has 4 rings (SSSR count). The quantitative estimate of drug-likeness (QED) is 0.256. The van der Waals surface area contributed by atoms with Gasteiger partial charge in [-0.2, -0.15) is 11.8 Å². The predicted molar refractivity (Wildman–Crippen MR) is 162 cm³/mol. The van der Waals surface area contributed by atoms with Crippen molar-refractivity contribution in [3.05, 3.63) is 131 Å². The third-order valence-corrected chi connectivity index (χ3v) is 7.51. The Labute approximate surface area is 259 Å². The van der Waals surface area contributed by atoms with Crippen LogP contribution in [-0.4, -0.2) is 34.8 Å². The number of carboxylic acid groups (broad SMARTS) is 1. The van der Waals surface area contributed by atoms with Gasteiger partial charge >= 0.3 is 18.9 Å². The second kappa shape index (κ2) is 16.2. The molecule has 0 spiro atoms. The number of amides is 1. The summed E-state index contributed by atoms with van der Waals surface area (Å²) in [5.74, 6) is -1.07. The number of benzene rings is 4. The smallest absolute Gasteiger partial charge is 0.548 e. The molecule has 1 N–H and O–H groups in total. The molecule has 0 aromatic heterocycles. The van der Waals surface area contributed by atoms with Crippen LogP contribution >= 0.6 is 11.8 Å². The van der Waals surface area contributed by atoms with Crippen molar-refractivity contribution in [3.8, 4) is 11.1 Å². The predicted octanol–water partition coefficient (Wildman–Crippen LogP) is 2.47. The minimum Gasteiger partial charge on any atom is -0.548 e. The van der Waals surface area contributed by atoms with E-state index in [1.165, 1.54) is 22.9 Å². The number of hydrogen-bond acceptors (Lipinski definition) is 5. The minimum absolute atomic E-state index is 0. The van der Waals surface area contributed by atoms with Gasteiger partial charge < -0.3 is 15.2 Å². The van der Waals surface area contributed by atoms with Crippen molar-refractivity contribution in [1.82, 2.24) is 10.2 Å². The first-order chi connectivity index (χ1) is 19.4. The SMILES string of the molecule is CSCC[C@H](NC(=O)c1ccc(CN(Cc2ccccc2)Cc2ccccc2)cc1-c1ccccc1C)C(=O)[O-].[Li+]. The zero-order valence-electron chi connectivity index (χ0n) is 24.0. The van der Waals surface area contributed by atoms with Crippen molar-refractivity contribution in [2.75, 3.05) is 12.0 Å². The molecule has 0 saturated heterocycles. The Morgan fingerprint density at radius 1 is 0.780 bits per heavy atom. The first-order valence-electron chi connectivity index (χ1n) is 13.4. The molecule has 5 nitrogen and oxygen atoms in total. The summed E-state index contributed by atoms with van der Waals surface area (Å²) in [4.78, 5) is 27.5. The Balaban J connectivity index is 0.00000462. The Morgan fingerprint density at radius 2 is 1.34 bits per heavy atom. The van der Waals surface area contributed by atoms with E-state index in [0.717, 1.165) is 35.3 Å². The fraction of sp³-hybridized carbons (Fsp3) is 0.235. The maximum absolute atomic E-state index is 13.4. The van der Waals surface area contributed by atoms with Gasteiger partial charge in [-0.05, 0) is 70.9 Å². The summed E-state index contributed by atoms with van der Waals surface area (Å²) in [6, 6.07) is 33.5. The van der Waals surface area contributed by atoms with Crippen LogP contribution in [0.2, 0.25) is 0 Å². The normalized spacial score (nSPS) is 11.5. The van der Waals surface area contributed by atoms with Crippen LogP contribution in [0.3, 0.4) is 0 Å². The fourth-order valence-electron chi connectivity index (χ4n) is 4.82. The van der Waals surface area contributed by atoms with Gasteiger partial charge in [-0.1, -0.05) is 91.0 Å². The van der Waals surface area contributed by atoms with Gasteiger partial charge in [0.2, 0.25) is 0 Å². The molecule has 1 atom stereocenters. The molecule has 1 amide bonds. The van der Waals surface area contributed by atoms with E-state index in [9.17, 15) is 14.7 Å². The number of nitrogens with zero attached hydrogens (tertiary/aromatic N) is 1. The molecule has 0 unspecified atom stereocenters. The van der Waals surface area contributed by atoms with E-state index in [2.05, 4.69) is 64.8 Å². The molecule has 0 bridgehead atoms. The standard InChI is InChI=1S/C34H36N2O3S.Li/c1-25-11-9-10-16-29(25)31-21-28(17-18-30(31)33(37)35-32(34(38)39)19-20-40-2)24-36(22-26-12-5-3-6-13-26)23-27-14-7-4-8-15-27;/h3-18,21,32H,19-20,22-24H2,1-2H3,(H,35,37)(H,38,39);/q;+1/p-1/t32-;/m0./s1. The van der Waals surface area contributed by atoms with Gasteiger partial charge in [0, 0.05) is 25.2 Å². The molecule has 0 aliphatic heterocycles. The van der Waals surface area contributed by atoms with Crippen molar-refractivity contribution < 1.29 is 33.6 Å². The van der Waals surface area contributed by atoms with Crippen molar-refractivity contribution >= 4 is 23.6 Å². The Kier molecular flexibility index (Phi) is 12.8. The van der Waals surface area contributed by atoms with Gasteiger partial charge in [0.15, 0.2) is 0 Å². The maximum Gasteiger partial charge on any atom is 1.00 e. The van der Waals surface area contributed by atoms with Gasteiger partial charge in [-0.3, -0.25) is 9.69 Å². The summed E-state index contributed by atoms with van der Waals surface area (Å²) in [5, 5.41) is 14.4. The first-order valence-corrected chi connectivity index (χ1v) is 14.8. The molecule has 0 aliphatic carbocycles. The van der Waals surface area contributed by atoms with Crippen LogP contribution in [-0.2, 0) is 24.4 Å². The third-order valence-electron chi connectivity index (χ3n) is 6.87. The van der Waals surface area contributed by atoms with Crippen molar-refractivity contribution in [3.63, 3.8) is 0 Å². The molecule has 0 radical (unpaired) electrons. The zero-order chi connectivity index (χ0) is 28.3. The molecule has 7 heteroatoms. The van der Waals surface area contributed by atoms with E-state index in [1.807, 2.05) is 61.7 Å². The molecule has 41 heavy (non-hydrogen) atoms. The monoisotopic (exact) mass is 558 g/mol. The number of carbonyl (C=O) groups excluding carboxylic acids is 2. The largest absolute Gasteiger partial charge is 1.00 e. The minimum atomic E-state index is -1.27. The van der Waals surface area contributed by atoms with E-state index in [-0.39, 0.29) is 18.9 Å². The molecular weight excluding hydrogens is 523 g/mol. The summed E-state index contributed by atoms with van der Waals surface area (Å²) in [6.45, 7) is 4.25. The summed E-state index contributed by atoms with van der Waals surface area (Å²) in [6.07, 6.45) is 2.21. The van der Waals surface area contributed by atoms with Crippen LogP contribution in [0.5, 0.6) is 0 Å². The zero-order valence-corrected chi connectivity index (χ0v) is 24.8. The van der Waals surface area contributed by atoms with Gasteiger partial charge in [0.05, 0.1) is 12.0 Å². The number of nitrogens with one attached hydrogen (secondary N) is 1.